The third-order valence-electron chi connectivity index (χ3n) is 5.03. The van der Waals surface area contributed by atoms with Crippen molar-refractivity contribution >= 4 is 22.5 Å². The van der Waals surface area contributed by atoms with Gasteiger partial charge >= 0.3 is 0 Å². The molecule has 1 amide bonds. The van der Waals surface area contributed by atoms with Gasteiger partial charge in [0.15, 0.2) is 5.65 Å². The maximum atomic E-state index is 12.6. The lowest BCUT2D eigenvalue weighted by atomic mass is 10.1. The Morgan fingerprint density at radius 1 is 1.17 bits per heavy atom. The highest BCUT2D eigenvalue weighted by Gasteiger charge is 2.12. The van der Waals surface area contributed by atoms with E-state index in [-0.39, 0.29) is 18.0 Å². The maximum absolute atomic E-state index is 12.6. The third kappa shape index (κ3) is 3.14. The number of amides is 1. The monoisotopic (exact) mass is 398 g/mol. The van der Waals surface area contributed by atoms with Gasteiger partial charge in [-0.2, -0.15) is 0 Å². The van der Waals surface area contributed by atoms with Crippen LogP contribution in [0.15, 0.2) is 65.7 Å². The van der Waals surface area contributed by atoms with Crippen LogP contribution in [0.2, 0.25) is 0 Å². The van der Waals surface area contributed by atoms with Crippen LogP contribution in [-0.2, 0) is 6.54 Å². The van der Waals surface area contributed by atoms with E-state index in [1.54, 1.807) is 18.5 Å². The topological polar surface area (TPSA) is 108 Å². The Morgan fingerprint density at radius 3 is 2.87 bits per heavy atom. The average molecular weight is 398 g/mol. The summed E-state index contributed by atoms with van der Waals surface area (Å²) >= 11 is 0. The van der Waals surface area contributed by atoms with Crippen LogP contribution in [0.5, 0.6) is 0 Å². The molecule has 0 saturated carbocycles. The van der Waals surface area contributed by atoms with Gasteiger partial charge in [-0.3, -0.25) is 19.7 Å². The first-order valence-corrected chi connectivity index (χ1v) is 9.47. The Kier molecular flexibility index (Phi) is 4.17. The fourth-order valence-electron chi connectivity index (χ4n) is 3.50. The molecule has 8 heteroatoms. The van der Waals surface area contributed by atoms with E-state index in [4.69, 9.17) is 0 Å². The first kappa shape index (κ1) is 17.9. The first-order valence-electron chi connectivity index (χ1n) is 9.47. The molecule has 0 aliphatic rings. The number of hydrogen-bond donors (Lipinski definition) is 3. The largest absolute Gasteiger partial charge is 0.351 e. The maximum Gasteiger partial charge on any atom is 0.272 e. The van der Waals surface area contributed by atoms with Crippen molar-refractivity contribution in [2.24, 2.45) is 0 Å². The second-order valence-corrected chi connectivity index (χ2v) is 7.09. The Bertz CT molecular complexity index is 1450. The van der Waals surface area contributed by atoms with Crippen LogP contribution in [0.25, 0.3) is 27.8 Å². The lowest BCUT2D eigenvalue weighted by Crippen LogP contribution is -2.25. The number of hydrogen-bond acceptors (Lipinski definition) is 4. The predicted octanol–water partition coefficient (Wildman–Crippen LogP) is 2.80. The average Bonchev–Trinajstić information content (AvgIpc) is 3.38. The minimum Gasteiger partial charge on any atom is -0.351 e. The molecule has 5 aromatic rings. The van der Waals surface area contributed by atoms with E-state index in [0.717, 1.165) is 27.7 Å². The Hall–Kier alpha value is -4.20. The van der Waals surface area contributed by atoms with Crippen molar-refractivity contribution in [2.45, 2.75) is 13.5 Å². The second-order valence-electron chi connectivity index (χ2n) is 7.09. The molecule has 0 aliphatic heterocycles. The molecule has 0 radical (unpaired) electrons. The van der Waals surface area contributed by atoms with E-state index in [9.17, 15) is 9.59 Å². The van der Waals surface area contributed by atoms with Crippen LogP contribution in [0, 0.1) is 6.92 Å². The number of carbonyl (C=O) groups excluding carboxylic acids is 1. The van der Waals surface area contributed by atoms with Gasteiger partial charge in [0.05, 0.1) is 17.9 Å². The first-order chi connectivity index (χ1) is 14.6. The molecular formula is C22H18N6O2. The normalized spacial score (nSPS) is 11.2. The van der Waals surface area contributed by atoms with Crippen LogP contribution >= 0.6 is 0 Å². The van der Waals surface area contributed by atoms with Crippen LogP contribution < -0.4 is 10.9 Å². The molecule has 0 bridgehead atoms. The molecule has 8 nitrogen and oxygen atoms in total. The lowest BCUT2D eigenvalue weighted by molar-refractivity contribution is 0.0946. The highest BCUT2D eigenvalue weighted by molar-refractivity contribution is 5.98. The van der Waals surface area contributed by atoms with Gasteiger partial charge in [0.2, 0.25) is 0 Å². The number of nitrogens with one attached hydrogen (secondary N) is 3. The quantitative estimate of drug-likeness (QED) is 0.433. The fraction of sp³-hybridized carbons (Fsp3) is 0.0909. The Labute approximate surface area is 170 Å². The Morgan fingerprint density at radius 2 is 2.07 bits per heavy atom. The highest BCUT2D eigenvalue weighted by atomic mass is 16.2. The molecule has 0 unspecified atom stereocenters. The van der Waals surface area contributed by atoms with Crippen molar-refractivity contribution in [3.63, 3.8) is 0 Å². The molecule has 0 aliphatic carbocycles. The van der Waals surface area contributed by atoms with E-state index < -0.39 is 0 Å². The van der Waals surface area contributed by atoms with Crippen molar-refractivity contribution in [3.05, 3.63) is 88.2 Å². The molecule has 4 aromatic heterocycles. The zero-order chi connectivity index (χ0) is 20.7. The second kappa shape index (κ2) is 7.00. The molecule has 4 heterocycles. The SMILES string of the molecule is Cc1cccc2[nH]c(C(=O)NCc3cc(=O)n4[nH]c(-c5cccnc5)cc4n3)cc12. The standard InChI is InChI=1S/C22H18N6O2/c1-13-4-2-6-17-16(13)9-19(26-17)22(30)24-12-15-8-21(29)28-20(25-15)10-18(27-28)14-5-3-7-23-11-14/h2-11,26-27H,12H2,1H3,(H,24,30). The van der Waals surface area contributed by atoms with Crippen molar-refractivity contribution in [2.75, 3.05) is 0 Å². The minimum atomic E-state index is -0.252. The van der Waals surface area contributed by atoms with E-state index in [2.05, 4.69) is 25.4 Å². The van der Waals surface area contributed by atoms with Gasteiger partial charge in [-0.25, -0.2) is 9.50 Å². The number of aromatic amines is 2. The number of aromatic nitrogens is 5. The van der Waals surface area contributed by atoms with Crippen molar-refractivity contribution in [1.82, 2.24) is 29.9 Å². The molecular weight excluding hydrogens is 380 g/mol. The van der Waals surface area contributed by atoms with Gasteiger partial charge in [0.25, 0.3) is 11.5 Å². The van der Waals surface area contributed by atoms with Crippen LogP contribution in [0.3, 0.4) is 0 Å². The molecule has 1 aromatic carbocycles. The summed E-state index contributed by atoms with van der Waals surface area (Å²) in [6.07, 6.45) is 3.39. The predicted molar refractivity (Wildman–Crippen MR) is 113 cm³/mol. The number of nitrogens with zero attached hydrogens (tertiary/aromatic N) is 3. The van der Waals surface area contributed by atoms with Gasteiger partial charge in [-0.05, 0) is 36.8 Å². The lowest BCUT2D eigenvalue weighted by Gasteiger charge is -2.03. The molecule has 0 saturated heterocycles. The van der Waals surface area contributed by atoms with Gasteiger partial charge in [-0.1, -0.05) is 12.1 Å². The summed E-state index contributed by atoms with van der Waals surface area (Å²) in [4.78, 5) is 36.7. The summed E-state index contributed by atoms with van der Waals surface area (Å²) in [7, 11) is 0. The zero-order valence-electron chi connectivity index (χ0n) is 16.1. The van der Waals surface area contributed by atoms with Crippen LogP contribution in [0.1, 0.15) is 21.7 Å². The number of aryl methyl sites for hydroxylation is 1. The van der Waals surface area contributed by atoms with E-state index in [1.807, 2.05) is 43.3 Å². The van der Waals surface area contributed by atoms with Gasteiger partial charge in [-0.15, -0.1) is 0 Å². The summed E-state index contributed by atoms with van der Waals surface area (Å²) < 4.78 is 1.37. The summed E-state index contributed by atoms with van der Waals surface area (Å²) in [5.41, 5.74) is 4.78. The molecule has 0 fully saturated rings. The molecule has 3 N–H and O–H groups in total. The highest BCUT2D eigenvalue weighted by Crippen LogP contribution is 2.19. The van der Waals surface area contributed by atoms with Crippen LogP contribution in [-0.4, -0.2) is 30.5 Å². The molecule has 0 atom stereocenters. The van der Waals surface area contributed by atoms with Gasteiger partial charge < -0.3 is 10.3 Å². The molecule has 30 heavy (non-hydrogen) atoms. The molecule has 148 valence electrons. The van der Waals surface area contributed by atoms with Crippen LogP contribution in [0.4, 0.5) is 0 Å². The van der Waals surface area contributed by atoms with E-state index in [1.165, 1.54) is 10.6 Å². The zero-order valence-corrected chi connectivity index (χ0v) is 16.1. The van der Waals surface area contributed by atoms with Gasteiger partial charge in [0.1, 0.15) is 5.69 Å². The molecule has 5 rings (SSSR count). The summed E-state index contributed by atoms with van der Waals surface area (Å²) in [6, 6.07) is 14.6. The summed E-state index contributed by atoms with van der Waals surface area (Å²) in [5, 5.41) is 6.86. The summed E-state index contributed by atoms with van der Waals surface area (Å²) in [6.45, 7) is 2.15. The number of H-pyrrole nitrogens is 2. The fourth-order valence-corrected chi connectivity index (χ4v) is 3.50. The minimum absolute atomic E-state index is 0.145. The third-order valence-corrected chi connectivity index (χ3v) is 5.03. The Balaban J connectivity index is 1.39. The molecule has 0 spiro atoms. The number of carbonyl (C=O) groups is 1. The number of benzene rings is 1. The number of fused-ring (bicyclic) bond motifs is 2. The van der Waals surface area contributed by atoms with Crippen molar-refractivity contribution in [1.29, 1.82) is 0 Å². The number of rotatable bonds is 4. The smallest absolute Gasteiger partial charge is 0.272 e. The van der Waals surface area contributed by atoms with E-state index >= 15 is 0 Å². The number of pyridine rings is 1. The van der Waals surface area contributed by atoms with E-state index in [0.29, 0.717) is 17.0 Å². The van der Waals surface area contributed by atoms with Crippen molar-refractivity contribution < 1.29 is 4.79 Å². The summed E-state index contributed by atoms with van der Waals surface area (Å²) in [5.74, 6) is -0.252. The van der Waals surface area contributed by atoms with Crippen molar-refractivity contribution in [3.8, 4) is 11.3 Å². The van der Waals surface area contributed by atoms with Gasteiger partial charge in [0, 0.05) is 41.0 Å².